The summed E-state index contributed by atoms with van der Waals surface area (Å²) in [6, 6.07) is 2.43. The lowest BCUT2D eigenvalue weighted by molar-refractivity contribution is 0.0195. The van der Waals surface area contributed by atoms with Crippen LogP contribution in [0.1, 0.15) is 39.0 Å². The Morgan fingerprint density at radius 2 is 1.76 bits per heavy atom. The summed E-state index contributed by atoms with van der Waals surface area (Å²) >= 11 is 0. The largest absolute Gasteiger partial charge is 0.313 e. The van der Waals surface area contributed by atoms with E-state index in [2.05, 4.69) is 22.0 Å². The van der Waals surface area contributed by atoms with Crippen LogP contribution in [0.2, 0.25) is 0 Å². The Balaban J connectivity index is 1.54. The van der Waals surface area contributed by atoms with Crippen LogP contribution in [0.5, 0.6) is 0 Å². The van der Waals surface area contributed by atoms with Crippen molar-refractivity contribution in [3.05, 3.63) is 0 Å². The van der Waals surface area contributed by atoms with Crippen LogP contribution in [0.25, 0.3) is 0 Å². The number of hydrogen-bond acceptors (Lipinski definition) is 3. The third-order valence-electron chi connectivity index (χ3n) is 5.02. The maximum Gasteiger partial charge on any atom is 0.0223 e. The molecule has 3 aliphatic rings. The number of nitrogens with one attached hydrogen (secondary N) is 1. The van der Waals surface area contributed by atoms with Crippen molar-refractivity contribution in [3.8, 4) is 0 Å². The summed E-state index contributed by atoms with van der Waals surface area (Å²) in [7, 11) is 0. The molecule has 3 atom stereocenters. The molecule has 3 unspecified atom stereocenters. The molecule has 3 aliphatic heterocycles. The molecule has 0 aliphatic carbocycles. The number of rotatable bonds is 1. The molecule has 3 rings (SSSR count). The van der Waals surface area contributed by atoms with E-state index in [9.17, 15) is 0 Å². The van der Waals surface area contributed by atoms with E-state index in [4.69, 9.17) is 0 Å². The summed E-state index contributed by atoms with van der Waals surface area (Å²) in [5.74, 6) is 0. The molecule has 98 valence electrons. The summed E-state index contributed by atoms with van der Waals surface area (Å²) < 4.78 is 0. The second kappa shape index (κ2) is 5.25. The third-order valence-corrected chi connectivity index (χ3v) is 5.02. The number of fused-ring (bicyclic) bond motifs is 1. The van der Waals surface area contributed by atoms with E-state index >= 15 is 0 Å². The molecule has 0 spiro atoms. The normalized spacial score (nSPS) is 41.1. The van der Waals surface area contributed by atoms with Crippen LogP contribution in [0, 0.1) is 0 Å². The van der Waals surface area contributed by atoms with Crippen LogP contribution in [-0.4, -0.2) is 60.6 Å². The Hall–Kier alpha value is -0.120. The molecule has 17 heavy (non-hydrogen) atoms. The zero-order valence-electron chi connectivity index (χ0n) is 11.2. The molecule has 3 saturated heterocycles. The molecule has 0 radical (unpaired) electrons. The van der Waals surface area contributed by atoms with E-state index in [1.807, 2.05) is 0 Å². The van der Waals surface area contributed by atoms with Gasteiger partial charge in [-0.3, -0.25) is 9.80 Å². The number of piperidine rings is 2. The first-order chi connectivity index (χ1) is 8.33. The highest BCUT2D eigenvalue weighted by atomic mass is 15.3. The number of piperazine rings is 1. The van der Waals surface area contributed by atoms with Gasteiger partial charge >= 0.3 is 0 Å². The zero-order chi connectivity index (χ0) is 11.7. The fourth-order valence-corrected chi connectivity index (χ4v) is 3.81. The first-order valence-electron chi connectivity index (χ1n) is 7.54. The van der Waals surface area contributed by atoms with Gasteiger partial charge in [-0.15, -0.1) is 0 Å². The molecular formula is C14H27N3. The standard InChI is InChI=1S/C14H27N3/c1-12-5-6-13(10-15-12)17-9-8-16-7-3-2-4-14(16)11-17/h12-15H,2-11H2,1H3. The fourth-order valence-electron chi connectivity index (χ4n) is 3.81. The zero-order valence-corrected chi connectivity index (χ0v) is 11.2. The van der Waals surface area contributed by atoms with Gasteiger partial charge in [-0.05, 0) is 39.2 Å². The van der Waals surface area contributed by atoms with E-state index in [1.54, 1.807) is 0 Å². The van der Waals surface area contributed by atoms with Crippen LogP contribution < -0.4 is 5.32 Å². The van der Waals surface area contributed by atoms with Crippen molar-refractivity contribution < 1.29 is 0 Å². The topological polar surface area (TPSA) is 18.5 Å². The quantitative estimate of drug-likeness (QED) is 0.741. The van der Waals surface area contributed by atoms with E-state index in [-0.39, 0.29) is 0 Å². The molecule has 0 aromatic rings. The van der Waals surface area contributed by atoms with Gasteiger partial charge in [0.2, 0.25) is 0 Å². The predicted octanol–water partition coefficient (Wildman–Crippen LogP) is 1.30. The summed E-state index contributed by atoms with van der Waals surface area (Å²) in [6.45, 7) is 8.84. The van der Waals surface area contributed by atoms with Gasteiger partial charge in [0.05, 0.1) is 0 Å². The van der Waals surface area contributed by atoms with Crippen molar-refractivity contribution in [2.24, 2.45) is 0 Å². The van der Waals surface area contributed by atoms with Crippen molar-refractivity contribution in [2.75, 3.05) is 32.7 Å². The fraction of sp³-hybridized carbons (Fsp3) is 1.00. The van der Waals surface area contributed by atoms with Gasteiger partial charge in [0.1, 0.15) is 0 Å². The Bertz CT molecular complexity index is 248. The van der Waals surface area contributed by atoms with Crippen LogP contribution in [0.3, 0.4) is 0 Å². The molecule has 0 saturated carbocycles. The molecular weight excluding hydrogens is 210 g/mol. The average Bonchev–Trinajstić information content (AvgIpc) is 2.39. The Labute approximate surface area is 106 Å². The SMILES string of the molecule is CC1CCC(N2CCN3CCCCC3C2)CN1. The maximum absolute atomic E-state index is 3.65. The van der Waals surface area contributed by atoms with Gasteiger partial charge in [0, 0.05) is 44.3 Å². The minimum absolute atomic E-state index is 0.738. The second-order valence-corrected chi connectivity index (χ2v) is 6.22. The first-order valence-corrected chi connectivity index (χ1v) is 7.54. The number of hydrogen-bond donors (Lipinski definition) is 1. The van der Waals surface area contributed by atoms with Crippen molar-refractivity contribution in [1.29, 1.82) is 0 Å². The molecule has 3 fully saturated rings. The lowest BCUT2D eigenvalue weighted by atomic mass is 9.95. The van der Waals surface area contributed by atoms with Gasteiger partial charge in [-0.1, -0.05) is 6.42 Å². The van der Waals surface area contributed by atoms with Crippen molar-refractivity contribution >= 4 is 0 Å². The van der Waals surface area contributed by atoms with Crippen LogP contribution >= 0.6 is 0 Å². The van der Waals surface area contributed by atoms with Crippen LogP contribution in [0.15, 0.2) is 0 Å². The van der Waals surface area contributed by atoms with E-state index in [0.29, 0.717) is 0 Å². The number of nitrogens with zero attached hydrogens (tertiary/aromatic N) is 2. The summed E-state index contributed by atoms with van der Waals surface area (Å²) in [4.78, 5) is 5.50. The van der Waals surface area contributed by atoms with Gasteiger partial charge in [0.15, 0.2) is 0 Å². The smallest absolute Gasteiger partial charge is 0.0223 e. The van der Waals surface area contributed by atoms with Crippen molar-refractivity contribution in [3.63, 3.8) is 0 Å². The van der Waals surface area contributed by atoms with E-state index < -0.39 is 0 Å². The van der Waals surface area contributed by atoms with Gasteiger partial charge in [-0.2, -0.15) is 0 Å². The molecule has 3 heterocycles. The monoisotopic (exact) mass is 237 g/mol. The molecule has 0 aromatic heterocycles. The average molecular weight is 237 g/mol. The second-order valence-electron chi connectivity index (χ2n) is 6.22. The Morgan fingerprint density at radius 3 is 2.59 bits per heavy atom. The predicted molar refractivity (Wildman–Crippen MR) is 71.3 cm³/mol. The maximum atomic E-state index is 3.65. The Morgan fingerprint density at radius 1 is 0.882 bits per heavy atom. The summed E-state index contributed by atoms with van der Waals surface area (Å²) in [6.07, 6.45) is 7.08. The minimum Gasteiger partial charge on any atom is -0.313 e. The van der Waals surface area contributed by atoms with Crippen LogP contribution in [0.4, 0.5) is 0 Å². The van der Waals surface area contributed by atoms with Gasteiger partial charge in [0.25, 0.3) is 0 Å². The Kier molecular flexibility index (Phi) is 3.69. The van der Waals surface area contributed by atoms with E-state index in [1.165, 1.54) is 64.8 Å². The molecule has 0 amide bonds. The highest BCUT2D eigenvalue weighted by Crippen LogP contribution is 2.24. The van der Waals surface area contributed by atoms with Gasteiger partial charge in [-0.25, -0.2) is 0 Å². The first kappa shape index (κ1) is 11.9. The summed E-state index contributed by atoms with van der Waals surface area (Å²) in [5.41, 5.74) is 0. The molecule has 1 N–H and O–H groups in total. The highest BCUT2D eigenvalue weighted by Gasteiger charge is 2.32. The lowest BCUT2D eigenvalue weighted by Crippen LogP contribution is -2.60. The van der Waals surface area contributed by atoms with Crippen molar-refractivity contribution in [2.45, 2.75) is 57.2 Å². The third kappa shape index (κ3) is 2.67. The highest BCUT2D eigenvalue weighted by molar-refractivity contribution is 4.90. The molecule has 0 bridgehead atoms. The van der Waals surface area contributed by atoms with Crippen LogP contribution in [-0.2, 0) is 0 Å². The summed E-state index contributed by atoms with van der Waals surface area (Å²) in [5, 5.41) is 3.65. The molecule has 3 nitrogen and oxygen atoms in total. The van der Waals surface area contributed by atoms with E-state index in [0.717, 1.165) is 18.1 Å². The van der Waals surface area contributed by atoms with Gasteiger partial charge < -0.3 is 5.32 Å². The van der Waals surface area contributed by atoms with Crippen molar-refractivity contribution in [1.82, 2.24) is 15.1 Å². The molecule has 3 heteroatoms. The molecule has 0 aromatic carbocycles. The lowest BCUT2D eigenvalue weighted by Gasteiger charge is -2.47. The minimum atomic E-state index is 0.738.